The van der Waals surface area contributed by atoms with Gasteiger partial charge in [0.15, 0.2) is 11.7 Å². The second-order valence-corrected chi connectivity index (χ2v) is 10.4. The molecule has 38 heavy (non-hydrogen) atoms. The van der Waals surface area contributed by atoms with Gasteiger partial charge in [-0.1, -0.05) is 30.3 Å². The summed E-state index contributed by atoms with van der Waals surface area (Å²) < 4.78 is 43.1. The second kappa shape index (κ2) is 11.7. The van der Waals surface area contributed by atoms with Gasteiger partial charge < -0.3 is 15.4 Å². The number of hydrogen-bond acceptors (Lipinski definition) is 7. The summed E-state index contributed by atoms with van der Waals surface area (Å²) in [5.41, 5.74) is 2.81. The van der Waals surface area contributed by atoms with Crippen LogP contribution in [0.15, 0.2) is 53.9 Å². The lowest BCUT2D eigenvalue weighted by Crippen LogP contribution is -2.24. The van der Waals surface area contributed by atoms with E-state index in [9.17, 15) is 22.8 Å². The highest BCUT2D eigenvalue weighted by molar-refractivity contribution is 7.16. The van der Waals surface area contributed by atoms with Crippen LogP contribution < -0.4 is 15.4 Å². The molecule has 0 aliphatic heterocycles. The number of aryl methyl sites for hydroxylation is 2. The van der Waals surface area contributed by atoms with Crippen LogP contribution in [0.25, 0.3) is 10.6 Å². The number of thiazole rings is 2. The lowest BCUT2D eigenvalue weighted by Gasteiger charge is -2.13. The number of carbonyl (C=O) groups is 2. The normalized spacial score (nSPS) is 11.3. The maximum atomic E-state index is 12.8. The Kier molecular flexibility index (Phi) is 8.42. The predicted octanol–water partition coefficient (Wildman–Crippen LogP) is 5.94. The monoisotopic (exact) mass is 560 g/mol. The van der Waals surface area contributed by atoms with Gasteiger partial charge in [-0.2, -0.15) is 13.2 Å². The maximum absolute atomic E-state index is 12.8. The van der Waals surface area contributed by atoms with Crippen molar-refractivity contribution in [3.8, 4) is 16.3 Å². The molecule has 2 amide bonds. The number of anilines is 1. The molecular formula is C26H23F3N4O3S2. The van der Waals surface area contributed by atoms with Crippen LogP contribution in [-0.4, -0.2) is 34.6 Å². The summed E-state index contributed by atoms with van der Waals surface area (Å²) >= 11 is 2.76. The largest absolute Gasteiger partial charge is 0.484 e. The van der Waals surface area contributed by atoms with Gasteiger partial charge in [0.2, 0.25) is 5.91 Å². The molecule has 0 aliphatic rings. The van der Waals surface area contributed by atoms with Crippen LogP contribution in [0.4, 0.5) is 18.3 Å². The van der Waals surface area contributed by atoms with Crippen molar-refractivity contribution >= 4 is 39.6 Å². The molecule has 198 valence electrons. The molecule has 0 fully saturated rings. The molecular weight excluding hydrogens is 537 g/mol. The predicted molar refractivity (Wildman–Crippen MR) is 141 cm³/mol. The summed E-state index contributed by atoms with van der Waals surface area (Å²) in [7, 11) is 0. The molecule has 4 aromatic rings. The SMILES string of the molecule is Cc1nc(C)c(-c2csc(NC(=O)Cc3cc(OCC(F)(F)F)cc(C(=O)NCc4ccccc4)c3)n2)s1. The Bertz CT molecular complexity index is 1440. The Balaban J connectivity index is 1.47. The van der Waals surface area contributed by atoms with Crippen molar-refractivity contribution in [2.24, 2.45) is 0 Å². The minimum Gasteiger partial charge on any atom is -0.484 e. The van der Waals surface area contributed by atoms with Crippen LogP contribution in [0.3, 0.4) is 0 Å². The van der Waals surface area contributed by atoms with Gasteiger partial charge in [0, 0.05) is 17.5 Å². The van der Waals surface area contributed by atoms with Gasteiger partial charge in [0.05, 0.1) is 27.7 Å². The fourth-order valence-electron chi connectivity index (χ4n) is 3.58. The topological polar surface area (TPSA) is 93.2 Å². The summed E-state index contributed by atoms with van der Waals surface area (Å²) in [5.74, 6) is -1.11. The number of alkyl halides is 3. The van der Waals surface area contributed by atoms with Crippen molar-refractivity contribution in [1.82, 2.24) is 15.3 Å². The number of hydrogen-bond donors (Lipinski definition) is 2. The molecule has 12 heteroatoms. The summed E-state index contributed by atoms with van der Waals surface area (Å²) in [6.45, 7) is 2.50. The molecule has 0 bridgehead atoms. The Morgan fingerprint density at radius 2 is 1.79 bits per heavy atom. The number of nitrogens with zero attached hydrogens (tertiary/aromatic N) is 2. The maximum Gasteiger partial charge on any atom is 0.422 e. The van der Waals surface area contributed by atoms with Crippen molar-refractivity contribution in [3.05, 3.63) is 81.3 Å². The third kappa shape index (κ3) is 7.62. The molecule has 2 aromatic heterocycles. The molecule has 2 aromatic carbocycles. The van der Waals surface area contributed by atoms with Gasteiger partial charge in [-0.25, -0.2) is 9.97 Å². The number of carbonyl (C=O) groups excluding carboxylic acids is 2. The first kappa shape index (κ1) is 27.3. The summed E-state index contributed by atoms with van der Waals surface area (Å²) in [4.78, 5) is 35.3. The van der Waals surface area contributed by atoms with Crippen LogP contribution in [0.1, 0.15) is 32.2 Å². The Morgan fingerprint density at radius 3 is 2.47 bits per heavy atom. The average Bonchev–Trinajstić information content (AvgIpc) is 3.46. The number of aromatic nitrogens is 2. The van der Waals surface area contributed by atoms with Crippen molar-refractivity contribution in [2.75, 3.05) is 11.9 Å². The quantitative estimate of drug-likeness (QED) is 0.265. The highest BCUT2D eigenvalue weighted by atomic mass is 32.1. The average molecular weight is 561 g/mol. The van der Waals surface area contributed by atoms with Gasteiger partial charge in [-0.15, -0.1) is 22.7 Å². The number of rotatable bonds is 9. The third-order valence-corrected chi connectivity index (χ3v) is 7.03. The highest BCUT2D eigenvalue weighted by Gasteiger charge is 2.28. The standard InChI is InChI=1S/C26H23F3N4O3S2/c1-15-23(38-16(2)31-15)21-13-37-25(32-21)33-22(34)10-18-8-19(11-20(9-18)36-14-26(27,28)29)24(35)30-12-17-6-4-3-5-7-17/h3-9,11,13H,10,12,14H2,1-2H3,(H,30,35)(H,32,33,34). The minimum atomic E-state index is -4.55. The number of ether oxygens (including phenoxy) is 1. The minimum absolute atomic E-state index is 0.0796. The first-order chi connectivity index (χ1) is 18.1. The van der Waals surface area contributed by atoms with Crippen molar-refractivity contribution in [3.63, 3.8) is 0 Å². The van der Waals surface area contributed by atoms with Crippen LogP contribution >= 0.6 is 22.7 Å². The summed E-state index contributed by atoms with van der Waals surface area (Å²) in [6, 6.07) is 13.2. The number of halogens is 3. The van der Waals surface area contributed by atoms with E-state index in [2.05, 4.69) is 20.6 Å². The van der Waals surface area contributed by atoms with Gasteiger partial charge in [0.1, 0.15) is 5.75 Å². The Labute approximate surface area is 224 Å². The summed E-state index contributed by atoms with van der Waals surface area (Å²) in [6.07, 6.45) is -4.75. The molecule has 2 heterocycles. The van der Waals surface area contributed by atoms with Crippen LogP contribution in [0.2, 0.25) is 0 Å². The van der Waals surface area contributed by atoms with Gasteiger partial charge in [-0.05, 0) is 43.2 Å². The molecule has 0 radical (unpaired) electrons. The lowest BCUT2D eigenvalue weighted by molar-refractivity contribution is -0.153. The highest BCUT2D eigenvalue weighted by Crippen LogP contribution is 2.32. The molecule has 0 saturated carbocycles. The van der Waals surface area contributed by atoms with E-state index in [1.165, 1.54) is 40.9 Å². The molecule has 0 atom stereocenters. The van der Waals surface area contributed by atoms with Gasteiger partial charge in [0.25, 0.3) is 5.91 Å². The number of nitrogens with one attached hydrogen (secondary N) is 2. The molecule has 2 N–H and O–H groups in total. The molecule has 4 rings (SSSR count). The van der Waals surface area contributed by atoms with E-state index >= 15 is 0 Å². The number of amides is 2. The second-order valence-electron chi connectivity index (χ2n) is 8.35. The number of benzene rings is 2. The zero-order valence-corrected chi connectivity index (χ0v) is 22.0. The molecule has 7 nitrogen and oxygen atoms in total. The molecule has 0 unspecified atom stereocenters. The van der Waals surface area contributed by atoms with Crippen molar-refractivity contribution in [1.29, 1.82) is 0 Å². The van der Waals surface area contributed by atoms with E-state index in [1.54, 1.807) is 0 Å². The van der Waals surface area contributed by atoms with E-state index in [0.717, 1.165) is 21.1 Å². The molecule has 0 aliphatic carbocycles. The van der Waals surface area contributed by atoms with Gasteiger partial charge >= 0.3 is 6.18 Å². The van der Waals surface area contributed by atoms with Crippen LogP contribution in [-0.2, 0) is 17.8 Å². The van der Waals surface area contributed by atoms with E-state index in [1.807, 2.05) is 49.6 Å². The van der Waals surface area contributed by atoms with E-state index < -0.39 is 24.6 Å². The van der Waals surface area contributed by atoms with E-state index in [4.69, 9.17) is 4.74 Å². The van der Waals surface area contributed by atoms with E-state index in [0.29, 0.717) is 16.4 Å². The van der Waals surface area contributed by atoms with Gasteiger partial charge in [-0.3, -0.25) is 9.59 Å². The zero-order chi connectivity index (χ0) is 27.3. The smallest absolute Gasteiger partial charge is 0.422 e. The zero-order valence-electron chi connectivity index (χ0n) is 20.4. The fourth-order valence-corrected chi connectivity index (χ4v) is 5.25. The van der Waals surface area contributed by atoms with Crippen molar-refractivity contribution in [2.45, 2.75) is 33.0 Å². The van der Waals surface area contributed by atoms with Crippen LogP contribution in [0, 0.1) is 13.8 Å². The van der Waals surface area contributed by atoms with Crippen LogP contribution in [0.5, 0.6) is 5.75 Å². The lowest BCUT2D eigenvalue weighted by atomic mass is 10.1. The summed E-state index contributed by atoms with van der Waals surface area (Å²) in [5, 5.41) is 8.54. The molecule has 0 spiro atoms. The Morgan fingerprint density at radius 1 is 1.03 bits per heavy atom. The first-order valence-corrected chi connectivity index (χ1v) is 13.1. The first-order valence-electron chi connectivity index (χ1n) is 11.4. The van der Waals surface area contributed by atoms with E-state index in [-0.39, 0.29) is 24.3 Å². The third-order valence-electron chi connectivity index (χ3n) is 5.18. The Hall–Kier alpha value is -3.77. The van der Waals surface area contributed by atoms with Crippen molar-refractivity contribution < 1.29 is 27.5 Å². The molecule has 0 saturated heterocycles. The fraction of sp³-hybridized carbons (Fsp3) is 0.231.